The summed E-state index contributed by atoms with van der Waals surface area (Å²) in [5.41, 5.74) is 1.11. The van der Waals surface area contributed by atoms with Gasteiger partial charge in [0.15, 0.2) is 5.75 Å². The lowest BCUT2D eigenvalue weighted by atomic mass is 10.1. The largest absolute Gasteiger partial charge is 0.355 e. The van der Waals surface area contributed by atoms with Crippen molar-refractivity contribution in [1.82, 2.24) is 0 Å². The molecule has 3 heteroatoms. The van der Waals surface area contributed by atoms with Crippen molar-refractivity contribution >= 4 is 5.97 Å². The number of para-hydroxylation sites is 1. The van der Waals surface area contributed by atoms with Crippen molar-refractivity contribution in [2.75, 3.05) is 0 Å². The molecular formula is C15H14O3. The van der Waals surface area contributed by atoms with Crippen molar-refractivity contribution in [2.45, 2.75) is 12.8 Å². The van der Waals surface area contributed by atoms with Gasteiger partial charge >= 0.3 is 5.97 Å². The van der Waals surface area contributed by atoms with Crippen LogP contribution in [0.4, 0.5) is 0 Å². The van der Waals surface area contributed by atoms with Crippen molar-refractivity contribution in [3.8, 4) is 5.75 Å². The molecule has 0 aromatic heterocycles. The van der Waals surface area contributed by atoms with E-state index in [1.165, 1.54) is 0 Å². The Morgan fingerprint density at radius 2 is 1.50 bits per heavy atom. The zero-order valence-corrected chi connectivity index (χ0v) is 9.91. The molecule has 2 rings (SSSR count). The second-order valence-corrected chi connectivity index (χ2v) is 3.84. The van der Waals surface area contributed by atoms with E-state index in [2.05, 4.69) is 0 Å². The highest BCUT2D eigenvalue weighted by Crippen LogP contribution is 2.09. The molecule has 0 atom stereocenters. The van der Waals surface area contributed by atoms with E-state index in [1.807, 2.05) is 48.5 Å². The van der Waals surface area contributed by atoms with E-state index in [0.717, 1.165) is 5.56 Å². The Labute approximate surface area is 106 Å². The smallest absolute Gasteiger partial charge is 0.287 e. The van der Waals surface area contributed by atoms with Gasteiger partial charge in [0.25, 0.3) is 0 Å². The van der Waals surface area contributed by atoms with Gasteiger partial charge in [0.05, 0.1) is 6.42 Å². The summed E-state index contributed by atoms with van der Waals surface area (Å²) in [5, 5.41) is 0. The minimum Gasteiger partial charge on any atom is -0.287 e. The van der Waals surface area contributed by atoms with Gasteiger partial charge in [0.1, 0.15) is 0 Å². The third-order valence-electron chi connectivity index (χ3n) is 2.43. The Kier molecular flexibility index (Phi) is 4.36. The fraction of sp³-hybridized carbons (Fsp3) is 0.133. The van der Waals surface area contributed by atoms with Crippen molar-refractivity contribution in [2.24, 2.45) is 0 Å². The van der Waals surface area contributed by atoms with Crippen LogP contribution in [-0.2, 0) is 16.1 Å². The van der Waals surface area contributed by atoms with E-state index in [1.54, 1.807) is 12.1 Å². The Bertz CT molecular complexity index is 434. The minimum absolute atomic E-state index is 0.302. The van der Waals surface area contributed by atoms with Gasteiger partial charge in [-0.05, 0) is 24.1 Å². The van der Waals surface area contributed by atoms with Gasteiger partial charge in [0.2, 0.25) is 0 Å². The van der Waals surface area contributed by atoms with Crippen LogP contribution < -0.4 is 4.89 Å². The molecule has 0 saturated carbocycles. The van der Waals surface area contributed by atoms with E-state index in [0.29, 0.717) is 18.6 Å². The van der Waals surface area contributed by atoms with E-state index in [-0.39, 0.29) is 5.97 Å². The van der Waals surface area contributed by atoms with Crippen LogP contribution in [0.3, 0.4) is 0 Å². The number of benzene rings is 2. The Balaban J connectivity index is 1.73. The van der Waals surface area contributed by atoms with Gasteiger partial charge in [0, 0.05) is 0 Å². The predicted molar refractivity (Wildman–Crippen MR) is 67.9 cm³/mol. The second kappa shape index (κ2) is 6.45. The molecule has 0 aliphatic carbocycles. The molecule has 2 aromatic rings. The number of carbonyl (C=O) groups excluding carboxylic acids is 1. The Morgan fingerprint density at radius 1 is 0.889 bits per heavy atom. The van der Waals surface area contributed by atoms with E-state index in [4.69, 9.17) is 9.78 Å². The first-order chi connectivity index (χ1) is 8.84. The van der Waals surface area contributed by atoms with Gasteiger partial charge in [-0.25, -0.2) is 4.79 Å². The molecule has 3 nitrogen and oxygen atoms in total. The van der Waals surface area contributed by atoms with Crippen molar-refractivity contribution in [3.05, 3.63) is 66.2 Å². The first-order valence-electron chi connectivity index (χ1n) is 5.81. The molecule has 0 radical (unpaired) electrons. The summed E-state index contributed by atoms with van der Waals surface area (Å²) in [6.07, 6.45) is 0.953. The molecular weight excluding hydrogens is 228 g/mol. The number of aryl methyl sites for hydroxylation is 1. The molecule has 0 saturated heterocycles. The fourth-order valence-electron chi connectivity index (χ4n) is 1.50. The molecule has 0 fully saturated rings. The summed E-state index contributed by atoms with van der Waals surface area (Å²) in [7, 11) is 0. The second-order valence-electron chi connectivity index (χ2n) is 3.84. The average molecular weight is 242 g/mol. The number of carbonyl (C=O) groups is 1. The first kappa shape index (κ1) is 12.2. The zero-order valence-electron chi connectivity index (χ0n) is 9.91. The lowest BCUT2D eigenvalue weighted by Crippen LogP contribution is -2.08. The number of hydrogen-bond acceptors (Lipinski definition) is 3. The molecule has 0 amide bonds. The molecule has 18 heavy (non-hydrogen) atoms. The van der Waals surface area contributed by atoms with Crippen LogP contribution in [0.2, 0.25) is 0 Å². The number of rotatable bonds is 5. The van der Waals surface area contributed by atoms with Crippen LogP contribution in [0, 0.1) is 0 Å². The van der Waals surface area contributed by atoms with E-state index >= 15 is 0 Å². The van der Waals surface area contributed by atoms with Crippen LogP contribution in [0.15, 0.2) is 60.7 Å². The number of hydrogen-bond donors (Lipinski definition) is 0. The maximum atomic E-state index is 11.4. The van der Waals surface area contributed by atoms with Crippen LogP contribution in [0.25, 0.3) is 0 Å². The van der Waals surface area contributed by atoms with Gasteiger partial charge in [-0.15, -0.1) is 0 Å². The minimum atomic E-state index is -0.372. The standard InChI is InChI=1S/C15H14O3/c16-15(12-11-13-7-3-1-4-8-13)18-17-14-9-5-2-6-10-14/h1-10H,11-12H2. The molecule has 0 spiro atoms. The summed E-state index contributed by atoms with van der Waals surface area (Å²) >= 11 is 0. The monoisotopic (exact) mass is 242 g/mol. The lowest BCUT2D eigenvalue weighted by Gasteiger charge is -2.04. The molecule has 0 unspecified atom stereocenters. The highest BCUT2D eigenvalue weighted by molar-refractivity contribution is 5.69. The van der Waals surface area contributed by atoms with Crippen molar-refractivity contribution < 1.29 is 14.6 Å². The molecule has 92 valence electrons. The average Bonchev–Trinajstić information content (AvgIpc) is 2.45. The molecule has 0 N–H and O–H groups in total. The van der Waals surface area contributed by atoms with Crippen LogP contribution in [0.1, 0.15) is 12.0 Å². The van der Waals surface area contributed by atoms with Gasteiger partial charge in [-0.3, -0.25) is 9.78 Å². The van der Waals surface area contributed by atoms with E-state index in [9.17, 15) is 4.79 Å². The summed E-state index contributed by atoms with van der Waals surface area (Å²) in [6.45, 7) is 0. The molecule has 0 aliphatic rings. The van der Waals surface area contributed by atoms with Gasteiger partial charge in [-0.1, -0.05) is 48.5 Å². The summed E-state index contributed by atoms with van der Waals surface area (Å²) in [5.74, 6) is 0.147. The SMILES string of the molecule is O=C(CCc1ccccc1)OOc1ccccc1. The van der Waals surface area contributed by atoms with Crippen LogP contribution in [-0.4, -0.2) is 5.97 Å². The highest BCUT2D eigenvalue weighted by Gasteiger charge is 2.05. The quantitative estimate of drug-likeness (QED) is 0.596. The maximum absolute atomic E-state index is 11.4. The van der Waals surface area contributed by atoms with E-state index < -0.39 is 0 Å². The third-order valence-corrected chi connectivity index (χ3v) is 2.43. The Hall–Kier alpha value is -2.29. The summed E-state index contributed by atoms with van der Waals surface area (Å²) in [6, 6.07) is 18.7. The fourth-order valence-corrected chi connectivity index (χ4v) is 1.50. The molecule has 0 heterocycles. The van der Waals surface area contributed by atoms with Crippen molar-refractivity contribution in [3.63, 3.8) is 0 Å². The maximum Gasteiger partial charge on any atom is 0.355 e. The predicted octanol–water partition coefficient (Wildman–Crippen LogP) is 3.16. The normalized spacial score (nSPS) is 9.78. The summed E-state index contributed by atoms with van der Waals surface area (Å²) in [4.78, 5) is 21.1. The van der Waals surface area contributed by atoms with Crippen LogP contribution >= 0.6 is 0 Å². The van der Waals surface area contributed by atoms with Crippen LogP contribution in [0.5, 0.6) is 5.75 Å². The van der Waals surface area contributed by atoms with Gasteiger partial charge < -0.3 is 0 Å². The molecule has 0 aliphatic heterocycles. The highest BCUT2D eigenvalue weighted by atomic mass is 17.2. The first-order valence-corrected chi connectivity index (χ1v) is 5.81. The lowest BCUT2D eigenvalue weighted by molar-refractivity contribution is -0.213. The Morgan fingerprint density at radius 3 is 2.17 bits per heavy atom. The molecule has 0 bridgehead atoms. The third kappa shape index (κ3) is 3.94. The topological polar surface area (TPSA) is 35.5 Å². The summed E-state index contributed by atoms with van der Waals surface area (Å²) < 4.78 is 0. The van der Waals surface area contributed by atoms with Crippen molar-refractivity contribution in [1.29, 1.82) is 0 Å². The van der Waals surface area contributed by atoms with Gasteiger partial charge in [-0.2, -0.15) is 0 Å². The zero-order chi connectivity index (χ0) is 12.6. The molecule has 2 aromatic carbocycles.